The predicted octanol–water partition coefficient (Wildman–Crippen LogP) is 2.00. The second kappa shape index (κ2) is 7.99. The molecule has 1 radical (unpaired) electrons. The Morgan fingerprint density at radius 2 is 1.03 bits per heavy atom. The first-order chi connectivity index (χ1) is 15.2. The van der Waals surface area contributed by atoms with Crippen LogP contribution in [0.2, 0.25) is 0 Å². The van der Waals surface area contributed by atoms with E-state index in [0.29, 0.717) is 0 Å². The molecule has 0 amide bonds. The first-order valence-electron chi connectivity index (χ1n) is 10.2. The van der Waals surface area contributed by atoms with E-state index in [1.54, 1.807) is 12.1 Å². The smallest absolute Gasteiger partial charge is 0.115 e. The number of aromatic hydroxyl groups is 1. The summed E-state index contributed by atoms with van der Waals surface area (Å²) < 4.78 is 0. The quantitative estimate of drug-likeness (QED) is 0.254. The standard InChI is InChI=1S/C26H20N4O.Co/c31-24-9-1-16(2-10-24)25-14-23-13-21-6-5-19(28-21)11-17-3-4-18(27-17)12-20-7-8-22(29-20)15-26(25)30-23;/h1-15,27-31H;. The maximum atomic E-state index is 9.69. The molecule has 32 heavy (non-hydrogen) atoms. The van der Waals surface area contributed by atoms with Crippen molar-refractivity contribution in [1.82, 2.24) is 19.9 Å². The van der Waals surface area contributed by atoms with Crippen molar-refractivity contribution in [3.63, 3.8) is 0 Å². The largest absolute Gasteiger partial charge is 0.508 e. The molecule has 0 saturated carbocycles. The molecule has 5 aromatic rings. The molecule has 5 nitrogen and oxygen atoms in total. The summed E-state index contributed by atoms with van der Waals surface area (Å²) >= 11 is 0. The van der Waals surface area contributed by atoms with Gasteiger partial charge in [-0.15, -0.1) is 0 Å². The molecule has 4 aromatic heterocycles. The minimum atomic E-state index is 0. The average molecular weight is 463 g/mol. The van der Waals surface area contributed by atoms with E-state index in [-0.39, 0.29) is 22.5 Å². The van der Waals surface area contributed by atoms with Crippen molar-refractivity contribution in [3.05, 3.63) is 111 Å². The van der Waals surface area contributed by atoms with E-state index in [2.05, 4.69) is 86.7 Å². The van der Waals surface area contributed by atoms with E-state index in [0.717, 1.165) is 55.3 Å². The number of hydrogen-bond donors (Lipinski definition) is 5. The predicted molar refractivity (Wildman–Crippen MR) is 123 cm³/mol. The first kappa shape index (κ1) is 20.1. The summed E-state index contributed by atoms with van der Waals surface area (Å²) in [6.07, 6.45) is 8.39. The van der Waals surface area contributed by atoms with Crippen molar-refractivity contribution < 1.29 is 21.9 Å². The molecule has 159 valence electrons. The zero-order valence-corrected chi connectivity index (χ0v) is 18.0. The van der Waals surface area contributed by atoms with Crippen LogP contribution in [0.15, 0.2) is 66.7 Å². The molecule has 0 unspecified atom stereocenters. The summed E-state index contributed by atoms with van der Waals surface area (Å²) in [4.78, 5) is 13.9. The van der Waals surface area contributed by atoms with E-state index >= 15 is 0 Å². The van der Waals surface area contributed by atoms with Crippen LogP contribution in [0.25, 0.3) is 35.4 Å². The molecule has 8 bridgehead atoms. The molecule has 0 spiro atoms. The number of phenols is 1. The summed E-state index contributed by atoms with van der Waals surface area (Å²) in [7, 11) is 0. The van der Waals surface area contributed by atoms with Gasteiger partial charge in [0.1, 0.15) is 5.75 Å². The topological polar surface area (TPSA) is 83.4 Å². The number of aromatic amines is 4. The van der Waals surface area contributed by atoms with Gasteiger partial charge < -0.3 is 25.0 Å². The van der Waals surface area contributed by atoms with Gasteiger partial charge in [0.15, 0.2) is 0 Å². The van der Waals surface area contributed by atoms with Gasteiger partial charge in [-0.1, -0.05) is 12.1 Å². The molecule has 5 heterocycles. The zero-order valence-electron chi connectivity index (χ0n) is 16.9. The number of fused-ring (bicyclic) bond motifs is 8. The van der Waals surface area contributed by atoms with Crippen molar-refractivity contribution >= 4 is 24.3 Å². The fraction of sp³-hybridized carbons (Fsp3) is 0. The third kappa shape index (κ3) is 3.89. The van der Waals surface area contributed by atoms with Gasteiger partial charge in [0.05, 0.1) is 0 Å². The van der Waals surface area contributed by atoms with E-state index in [9.17, 15) is 5.11 Å². The number of hydrogen-bond acceptors (Lipinski definition) is 1. The zero-order chi connectivity index (χ0) is 20.8. The number of H-pyrrole nitrogens is 4. The third-order valence-corrected chi connectivity index (χ3v) is 5.47. The summed E-state index contributed by atoms with van der Waals surface area (Å²) in [5.41, 5.74) is 6.19. The Kier molecular flexibility index (Phi) is 5.01. The van der Waals surface area contributed by atoms with Gasteiger partial charge in [-0.2, -0.15) is 0 Å². The normalized spacial score (nSPS) is 12.0. The molecular formula is C26H20CoN4O. The molecule has 5 N–H and O–H groups in total. The monoisotopic (exact) mass is 463 g/mol. The van der Waals surface area contributed by atoms with Gasteiger partial charge >= 0.3 is 0 Å². The third-order valence-electron chi connectivity index (χ3n) is 5.47. The molecule has 6 heteroatoms. The fourth-order valence-corrected chi connectivity index (χ4v) is 4.02. The molecule has 0 aliphatic carbocycles. The van der Waals surface area contributed by atoms with E-state index in [1.807, 2.05) is 12.1 Å². The Bertz CT molecular complexity index is 1650. The molecule has 0 atom stereocenters. The Labute approximate surface area is 193 Å². The van der Waals surface area contributed by atoms with Crippen LogP contribution >= 0.6 is 0 Å². The van der Waals surface area contributed by atoms with Crippen molar-refractivity contribution in [2.24, 2.45) is 0 Å². The second-order valence-corrected chi connectivity index (χ2v) is 7.78. The Morgan fingerprint density at radius 1 is 0.500 bits per heavy atom. The van der Waals surface area contributed by atoms with E-state index in [4.69, 9.17) is 0 Å². The molecular weight excluding hydrogens is 443 g/mol. The van der Waals surface area contributed by atoms with Crippen molar-refractivity contribution in [2.75, 3.05) is 0 Å². The van der Waals surface area contributed by atoms with Gasteiger partial charge in [0.25, 0.3) is 0 Å². The van der Waals surface area contributed by atoms with Gasteiger partial charge in [0.2, 0.25) is 0 Å². The maximum absolute atomic E-state index is 9.69. The minimum Gasteiger partial charge on any atom is -0.508 e. The second-order valence-electron chi connectivity index (χ2n) is 7.78. The van der Waals surface area contributed by atoms with Gasteiger partial charge in [-0.3, -0.25) is 0 Å². The van der Waals surface area contributed by atoms with E-state index in [1.165, 1.54) is 0 Å². The van der Waals surface area contributed by atoms with Crippen LogP contribution in [-0.2, 0) is 16.8 Å². The number of rotatable bonds is 1. The Morgan fingerprint density at radius 3 is 1.62 bits per heavy atom. The van der Waals surface area contributed by atoms with Crippen LogP contribution < -0.4 is 21.4 Å². The minimum absolute atomic E-state index is 0. The molecule has 0 saturated heterocycles. The number of nitrogens with one attached hydrogen (secondary N) is 4. The van der Waals surface area contributed by atoms with Crippen LogP contribution in [0.4, 0.5) is 0 Å². The van der Waals surface area contributed by atoms with Crippen LogP contribution in [0.1, 0.15) is 22.8 Å². The van der Waals surface area contributed by atoms with Crippen molar-refractivity contribution in [2.45, 2.75) is 0 Å². The maximum Gasteiger partial charge on any atom is 0.115 e. The van der Waals surface area contributed by atoms with Gasteiger partial charge in [-0.25, -0.2) is 0 Å². The Hall–Kier alpha value is -3.87. The summed E-state index contributed by atoms with van der Waals surface area (Å²) in [5, 5.41) is 13.8. The van der Waals surface area contributed by atoms with Crippen LogP contribution in [0.5, 0.6) is 5.75 Å². The average Bonchev–Trinajstić information content (AvgIpc) is 3.54. The summed E-state index contributed by atoms with van der Waals surface area (Å²) in [6.45, 7) is 0. The van der Waals surface area contributed by atoms with Gasteiger partial charge in [-0.05, 0) is 84.5 Å². The fourth-order valence-electron chi connectivity index (χ4n) is 4.02. The number of benzene rings is 1. The van der Waals surface area contributed by atoms with Crippen molar-refractivity contribution in [1.29, 1.82) is 0 Å². The number of phenolic OH excluding ortho intramolecular Hbond substituents is 1. The molecule has 6 rings (SSSR count). The number of aromatic nitrogens is 4. The van der Waals surface area contributed by atoms with Crippen LogP contribution in [0, 0.1) is 0 Å². The first-order valence-corrected chi connectivity index (χ1v) is 10.2. The SMILES string of the molecule is Oc1ccc(-c2cc3[nH]c2=Cc2ccc([nH]2)C=c2ccc([nH]2)=Cc2ccc([nH]2)C=3)cc1.[Co]. The summed E-state index contributed by atoms with van der Waals surface area (Å²) in [6, 6.07) is 21.9. The molecule has 1 aliphatic heterocycles. The van der Waals surface area contributed by atoms with Gasteiger partial charge in [0, 0.05) is 66.5 Å². The molecule has 1 aromatic carbocycles. The van der Waals surface area contributed by atoms with Crippen molar-refractivity contribution in [3.8, 4) is 16.9 Å². The van der Waals surface area contributed by atoms with E-state index < -0.39 is 0 Å². The van der Waals surface area contributed by atoms with Crippen LogP contribution in [-0.4, -0.2) is 25.0 Å². The summed E-state index contributed by atoms with van der Waals surface area (Å²) in [5.74, 6) is 0.258. The van der Waals surface area contributed by atoms with Crippen LogP contribution in [0.3, 0.4) is 0 Å². The molecule has 0 fully saturated rings. The Balaban J connectivity index is 0.00000216. The molecule has 1 aliphatic rings.